The lowest BCUT2D eigenvalue weighted by Gasteiger charge is -2.21. The molecule has 7 heteroatoms. The lowest BCUT2D eigenvalue weighted by Crippen LogP contribution is -2.46. The summed E-state index contributed by atoms with van der Waals surface area (Å²) < 4.78 is 10.5. The molecule has 1 aromatic rings. The van der Waals surface area contributed by atoms with E-state index in [-0.39, 0.29) is 30.4 Å². The van der Waals surface area contributed by atoms with Crippen molar-refractivity contribution in [1.82, 2.24) is 10.6 Å². The maximum Gasteiger partial charge on any atom is 0.329 e. The highest BCUT2D eigenvalue weighted by Crippen LogP contribution is 2.10. The van der Waals surface area contributed by atoms with Gasteiger partial charge in [0.15, 0.2) is 6.61 Å². The van der Waals surface area contributed by atoms with Gasteiger partial charge in [-0.3, -0.25) is 9.59 Å². The molecule has 142 valence electrons. The Labute approximate surface area is 153 Å². The van der Waals surface area contributed by atoms with Crippen molar-refractivity contribution < 1.29 is 23.9 Å². The highest BCUT2D eigenvalue weighted by atomic mass is 16.5. The normalized spacial score (nSPS) is 17.6. The fourth-order valence-electron chi connectivity index (χ4n) is 2.62. The van der Waals surface area contributed by atoms with Crippen LogP contribution < -0.4 is 10.6 Å². The first-order valence-corrected chi connectivity index (χ1v) is 8.88. The van der Waals surface area contributed by atoms with Gasteiger partial charge in [-0.15, -0.1) is 0 Å². The van der Waals surface area contributed by atoms with Crippen LogP contribution in [0.1, 0.15) is 37.0 Å². The number of hydrogen-bond donors (Lipinski definition) is 2. The van der Waals surface area contributed by atoms with E-state index in [2.05, 4.69) is 10.6 Å². The van der Waals surface area contributed by atoms with Gasteiger partial charge in [0.2, 0.25) is 0 Å². The number of nitrogens with one attached hydrogen (secondary N) is 2. The van der Waals surface area contributed by atoms with E-state index < -0.39 is 12.0 Å². The molecule has 0 radical (unpaired) electrons. The minimum absolute atomic E-state index is 0.0308. The summed E-state index contributed by atoms with van der Waals surface area (Å²) in [7, 11) is 0. The van der Waals surface area contributed by atoms with Crippen molar-refractivity contribution in [3.05, 3.63) is 35.9 Å². The summed E-state index contributed by atoms with van der Waals surface area (Å²) in [5.41, 5.74) is 0.459. The monoisotopic (exact) mass is 362 g/mol. The van der Waals surface area contributed by atoms with Crippen molar-refractivity contribution in [1.29, 1.82) is 0 Å². The Kier molecular flexibility index (Phi) is 7.59. The number of carbonyl (C=O) groups excluding carboxylic acids is 3. The Hall–Kier alpha value is -2.41. The Bertz CT molecular complexity index is 612. The molecule has 2 atom stereocenters. The second kappa shape index (κ2) is 9.91. The third-order valence-electron chi connectivity index (χ3n) is 4.14. The second-order valence-electron chi connectivity index (χ2n) is 6.61. The molecule has 1 heterocycles. The number of amides is 2. The van der Waals surface area contributed by atoms with Crippen molar-refractivity contribution in [2.24, 2.45) is 5.92 Å². The molecule has 0 spiro atoms. The number of rotatable bonds is 8. The SMILES string of the molecule is CC(C)[C@H](NC(=O)c1ccccc1)C(=O)OCC(=O)NC[C@@H]1CCCO1. The summed E-state index contributed by atoms with van der Waals surface area (Å²) in [6.45, 7) is 4.35. The third kappa shape index (κ3) is 6.15. The maximum atomic E-state index is 12.3. The maximum absolute atomic E-state index is 12.3. The quantitative estimate of drug-likeness (QED) is 0.680. The fourth-order valence-corrected chi connectivity index (χ4v) is 2.62. The van der Waals surface area contributed by atoms with Gasteiger partial charge in [0.05, 0.1) is 6.10 Å². The number of ether oxygens (including phenoxy) is 2. The summed E-state index contributed by atoms with van der Waals surface area (Å²) in [6, 6.07) is 7.80. The Morgan fingerprint density at radius 2 is 1.96 bits per heavy atom. The van der Waals surface area contributed by atoms with Crippen LogP contribution in [0.25, 0.3) is 0 Å². The second-order valence-corrected chi connectivity index (χ2v) is 6.61. The first-order chi connectivity index (χ1) is 12.5. The topological polar surface area (TPSA) is 93.7 Å². The van der Waals surface area contributed by atoms with Crippen LogP contribution in [0.4, 0.5) is 0 Å². The van der Waals surface area contributed by atoms with Gasteiger partial charge in [-0.05, 0) is 30.9 Å². The average Bonchev–Trinajstić information content (AvgIpc) is 3.16. The molecule has 1 aromatic carbocycles. The van der Waals surface area contributed by atoms with Gasteiger partial charge in [-0.2, -0.15) is 0 Å². The molecule has 0 bridgehead atoms. The molecular weight excluding hydrogens is 336 g/mol. The molecule has 26 heavy (non-hydrogen) atoms. The van der Waals surface area contributed by atoms with Gasteiger partial charge in [0.1, 0.15) is 6.04 Å². The van der Waals surface area contributed by atoms with Crippen LogP contribution in [-0.2, 0) is 19.1 Å². The van der Waals surface area contributed by atoms with Crippen LogP contribution in [0, 0.1) is 5.92 Å². The summed E-state index contributed by atoms with van der Waals surface area (Å²) in [5, 5.41) is 5.35. The first-order valence-electron chi connectivity index (χ1n) is 8.88. The third-order valence-corrected chi connectivity index (χ3v) is 4.14. The van der Waals surface area contributed by atoms with Crippen molar-refractivity contribution in [2.75, 3.05) is 19.8 Å². The van der Waals surface area contributed by atoms with E-state index in [4.69, 9.17) is 9.47 Å². The van der Waals surface area contributed by atoms with E-state index in [1.54, 1.807) is 44.2 Å². The summed E-state index contributed by atoms with van der Waals surface area (Å²) in [5.74, 6) is -1.54. The summed E-state index contributed by atoms with van der Waals surface area (Å²) in [4.78, 5) is 36.3. The largest absolute Gasteiger partial charge is 0.454 e. The molecule has 2 amide bonds. The van der Waals surface area contributed by atoms with Gasteiger partial charge >= 0.3 is 5.97 Å². The van der Waals surface area contributed by atoms with E-state index in [0.717, 1.165) is 12.8 Å². The Morgan fingerprint density at radius 1 is 1.23 bits per heavy atom. The van der Waals surface area contributed by atoms with Gasteiger partial charge in [-0.1, -0.05) is 32.0 Å². The zero-order chi connectivity index (χ0) is 18.9. The van der Waals surface area contributed by atoms with Crippen LogP contribution in [0.15, 0.2) is 30.3 Å². The molecular formula is C19H26N2O5. The van der Waals surface area contributed by atoms with Gasteiger partial charge in [0.25, 0.3) is 11.8 Å². The minimum Gasteiger partial charge on any atom is -0.454 e. The van der Waals surface area contributed by atoms with Gasteiger partial charge < -0.3 is 20.1 Å². The molecule has 0 aromatic heterocycles. The van der Waals surface area contributed by atoms with E-state index >= 15 is 0 Å². The smallest absolute Gasteiger partial charge is 0.329 e. The lowest BCUT2D eigenvalue weighted by atomic mass is 10.0. The first kappa shape index (κ1) is 19.9. The molecule has 0 unspecified atom stereocenters. The van der Waals surface area contributed by atoms with Crippen molar-refractivity contribution >= 4 is 17.8 Å². The summed E-state index contributed by atoms with van der Waals surface area (Å²) >= 11 is 0. The van der Waals surface area contributed by atoms with Gasteiger partial charge in [-0.25, -0.2) is 4.79 Å². The molecule has 0 aliphatic carbocycles. The zero-order valence-electron chi connectivity index (χ0n) is 15.2. The lowest BCUT2D eigenvalue weighted by molar-refractivity contribution is -0.151. The highest BCUT2D eigenvalue weighted by molar-refractivity contribution is 5.97. The van der Waals surface area contributed by atoms with Crippen molar-refractivity contribution in [2.45, 2.75) is 38.8 Å². The van der Waals surface area contributed by atoms with Crippen LogP contribution in [-0.4, -0.2) is 49.7 Å². The number of hydrogen-bond acceptors (Lipinski definition) is 5. The Morgan fingerprint density at radius 3 is 2.58 bits per heavy atom. The number of carbonyl (C=O) groups is 3. The predicted octanol–water partition coefficient (Wildman–Crippen LogP) is 1.28. The average molecular weight is 362 g/mol. The predicted molar refractivity (Wildman–Crippen MR) is 95.5 cm³/mol. The van der Waals surface area contributed by atoms with Crippen LogP contribution >= 0.6 is 0 Å². The van der Waals surface area contributed by atoms with Crippen LogP contribution in [0.5, 0.6) is 0 Å². The number of esters is 1. The van der Waals surface area contributed by atoms with Gasteiger partial charge in [0, 0.05) is 18.7 Å². The molecule has 2 N–H and O–H groups in total. The Balaban J connectivity index is 1.79. The van der Waals surface area contributed by atoms with Crippen LogP contribution in [0.3, 0.4) is 0 Å². The summed E-state index contributed by atoms with van der Waals surface area (Å²) in [6.07, 6.45) is 1.94. The number of benzene rings is 1. The van der Waals surface area contributed by atoms with E-state index in [1.165, 1.54) is 0 Å². The molecule has 1 aliphatic rings. The van der Waals surface area contributed by atoms with E-state index in [9.17, 15) is 14.4 Å². The fraction of sp³-hybridized carbons (Fsp3) is 0.526. The van der Waals surface area contributed by atoms with Crippen molar-refractivity contribution in [3.8, 4) is 0 Å². The molecule has 1 fully saturated rings. The molecule has 1 aliphatic heterocycles. The molecule has 2 rings (SSSR count). The standard InChI is InChI=1S/C19H26N2O5/c1-13(2)17(21-18(23)14-7-4-3-5-8-14)19(24)26-12-16(22)20-11-15-9-6-10-25-15/h3-5,7-8,13,15,17H,6,9-12H2,1-2H3,(H,20,22)(H,21,23)/t15-,17-/m0/s1. The van der Waals surface area contributed by atoms with Crippen molar-refractivity contribution in [3.63, 3.8) is 0 Å². The van der Waals surface area contributed by atoms with E-state index in [1.807, 2.05) is 0 Å². The minimum atomic E-state index is -0.825. The molecule has 0 saturated carbocycles. The zero-order valence-corrected chi connectivity index (χ0v) is 15.2. The van der Waals surface area contributed by atoms with Crippen LogP contribution in [0.2, 0.25) is 0 Å². The van der Waals surface area contributed by atoms with E-state index in [0.29, 0.717) is 18.7 Å². The molecule has 1 saturated heterocycles. The molecule has 7 nitrogen and oxygen atoms in total. The highest BCUT2D eigenvalue weighted by Gasteiger charge is 2.27.